The molecule has 0 N–H and O–H groups in total. The summed E-state index contributed by atoms with van der Waals surface area (Å²) in [5.41, 5.74) is 1.02. The summed E-state index contributed by atoms with van der Waals surface area (Å²) in [4.78, 5) is 39.4. The Morgan fingerprint density at radius 1 is 0.886 bits per heavy atom. The van der Waals surface area contributed by atoms with Gasteiger partial charge in [0, 0.05) is 38.3 Å². The van der Waals surface area contributed by atoms with Gasteiger partial charge in [0.1, 0.15) is 11.5 Å². The van der Waals surface area contributed by atoms with Crippen molar-refractivity contribution in [2.75, 3.05) is 12.4 Å². The lowest BCUT2D eigenvalue weighted by Crippen LogP contribution is -2.55. The Balaban J connectivity index is 1.81. The van der Waals surface area contributed by atoms with Crippen LogP contribution in [0.1, 0.15) is 34.1 Å². The van der Waals surface area contributed by atoms with Crippen LogP contribution in [0, 0.1) is 0 Å². The van der Waals surface area contributed by atoms with Crippen molar-refractivity contribution >= 4 is 29.7 Å². The number of hydrogen-bond acceptors (Lipinski definition) is 10. The normalized spacial score (nSPS) is 21.5. The molecular weight excluding hydrogens is 474 g/mol. The lowest BCUT2D eigenvalue weighted by molar-refractivity contribution is -0.186. The quantitative estimate of drug-likeness (QED) is 0.370. The maximum atomic E-state index is 11.8. The number of hydrogen-bond donors (Lipinski definition) is 0. The molecule has 0 aliphatic carbocycles. The predicted octanol–water partition coefficient (Wildman–Crippen LogP) is 3.78. The first kappa shape index (κ1) is 26.3. The summed E-state index contributed by atoms with van der Waals surface area (Å²) in [5.74, 6) is -0.191. The molecule has 1 aromatic heterocycles. The molecule has 0 amide bonds. The number of nitrogens with zero attached hydrogens (tertiary/aromatic N) is 1. The highest BCUT2D eigenvalue weighted by atomic mass is 32.2. The Labute approximate surface area is 208 Å². The number of carbonyl (C=O) groups excluding carboxylic acids is 3. The van der Waals surface area contributed by atoms with Gasteiger partial charge < -0.3 is 23.7 Å². The molecule has 1 aromatic carbocycles. The average molecular weight is 504 g/mol. The van der Waals surface area contributed by atoms with Gasteiger partial charge in [0.15, 0.2) is 23.7 Å². The van der Waals surface area contributed by atoms with Gasteiger partial charge in [0.05, 0.1) is 12.8 Å². The van der Waals surface area contributed by atoms with Crippen molar-refractivity contribution < 1.29 is 38.1 Å². The molecule has 0 saturated carbocycles. The summed E-state index contributed by atoms with van der Waals surface area (Å²) in [7, 11) is 0. The van der Waals surface area contributed by atoms with E-state index < -0.39 is 41.7 Å². The van der Waals surface area contributed by atoms with E-state index in [0.29, 0.717) is 12.4 Å². The number of benzene rings is 1. The number of pyridine rings is 1. The zero-order valence-electron chi connectivity index (χ0n) is 20.1. The number of rotatable bonds is 9. The zero-order chi connectivity index (χ0) is 25.4. The topological polar surface area (TPSA) is 110 Å². The van der Waals surface area contributed by atoms with Crippen molar-refractivity contribution in [3.63, 3.8) is 0 Å². The molecule has 35 heavy (non-hydrogen) atoms. The predicted molar refractivity (Wildman–Crippen MR) is 129 cm³/mol. The second-order valence-electron chi connectivity index (χ2n) is 7.90. The smallest absolute Gasteiger partial charge is 0.303 e. The molecule has 4 atom stereocenters. The highest BCUT2D eigenvalue weighted by Gasteiger charge is 2.47. The molecule has 9 nitrogen and oxygen atoms in total. The van der Waals surface area contributed by atoms with E-state index in [-0.39, 0.29) is 5.75 Å². The monoisotopic (exact) mass is 503 g/mol. The molecule has 1 saturated heterocycles. The van der Waals surface area contributed by atoms with Crippen molar-refractivity contribution in [1.82, 2.24) is 4.98 Å². The van der Waals surface area contributed by atoms with Gasteiger partial charge in [-0.15, -0.1) is 11.8 Å². The zero-order valence-corrected chi connectivity index (χ0v) is 20.9. The van der Waals surface area contributed by atoms with Crippen molar-refractivity contribution in [3.05, 3.63) is 42.7 Å². The first-order chi connectivity index (χ1) is 16.8. The molecule has 10 heteroatoms. The van der Waals surface area contributed by atoms with Gasteiger partial charge >= 0.3 is 17.9 Å². The Morgan fingerprint density at radius 2 is 1.54 bits per heavy atom. The van der Waals surface area contributed by atoms with Crippen LogP contribution in [-0.4, -0.2) is 59.0 Å². The maximum absolute atomic E-state index is 11.8. The Morgan fingerprint density at radius 3 is 2.17 bits per heavy atom. The van der Waals surface area contributed by atoms with E-state index in [2.05, 4.69) is 4.98 Å². The third-order valence-corrected chi connectivity index (χ3v) is 6.14. The Kier molecular flexibility index (Phi) is 9.36. The van der Waals surface area contributed by atoms with E-state index in [1.165, 1.54) is 32.5 Å². The van der Waals surface area contributed by atoms with E-state index in [0.717, 1.165) is 23.3 Å². The second-order valence-corrected chi connectivity index (χ2v) is 9.03. The molecule has 188 valence electrons. The fraction of sp³-hybridized carbons (Fsp3) is 0.440. The molecule has 1 fully saturated rings. The molecule has 1 aliphatic rings. The molecule has 2 aromatic rings. The number of aromatic nitrogens is 1. The molecule has 0 bridgehead atoms. The minimum atomic E-state index is -1.02. The lowest BCUT2D eigenvalue weighted by atomic mass is 10.1. The Hall–Kier alpha value is -3.27. The highest BCUT2D eigenvalue weighted by molar-refractivity contribution is 7.99. The van der Waals surface area contributed by atoms with Gasteiger partial charge in [-0.2, -0.15) is 0 Å². The van der Waals surface area contributed by atoms with Crippen molar-refractivity contribution in [2.45, 2.75) is 57.9 Å². The standard InChI is InChI=1S/C25H29NO8S/c1-5-10-30-20-8-6-18(7-9-20)19-11-21(13-26-12-19)34-25-24(33-17(4)29)23(32-16(3)28)22(14-35-25)31-15(2)27/h6-9,11-13,22-25H,5,10,14H2,1-4H3/t22-,23+,24-,25+/m1/s1. The first-order valence-corrected chi connectivity index (χ1v) is 12.3. The van der Waals surface area contributed by atoms with Crippen LogP contribution in [0.3, 0.4) is 0 Å². The number of carbonyl (C=O) groups is 3. The van der Waals surface area contributed by atoms with Crippen molar-refractivity contribution in [3.8, 4) is 22.6 Å². The van der Waals surface area contributed by atoms with Gasteiger partial charge in [0.2, 0.25) is 0 Å². The van der Waals surface area contributed by atoms with Crippen LogP contribution in [-0.2, 0) is 28.6 Å². The summed E-state index contributed by atoms with van der Waals surface area (Å²) in [5, 5.41) is 0. The summed E-state index contributed by atoms with van der Waals surface area (Å²) >= 11 is 1.29. The van der Waals surface area contributed by atoms with Crippen LogP contribution in [0.15, 0.2) is 42.7 Å². The summed E-state index contributed by atoms with van der Waals surface area (Å²) in [6.45, 7) is 6.45. The van der Waals surface area contributed by atoms with Gasteiger partial charge in [0.25, 0.3) is 0 Å². The van der Waals surface area contributed by atoms with Gasteiger partial charge in [-0.3, -0.25) is 19.4 Å². The molecule has 0 spiro atoms. The molecule has 0 radical (unpaired) electrons. The fourth-order valence-corrected chi connectivity index (χ4v) is 4.77. The number of thioether (sulfide) groups is 1. The summed E-state index contributed by atoms with van der Waals surface area (Å²) in [6, 6.07) is 9.47. The first-order valence-electron chi connectivity index (χ1n) is 11.2. The van der Waals surface area contributed by atoms with Crippen molar-refractivity contribution in [1.29, 1.82) is 0 Å². The average Bonchev–Trinajstić information content (AvgIpc) is 2.81. The summed E-state index contributed by atoms with van der Waals surface area (Å²) < 4.78 is 28.0. The minimum absolute atomic E-state index is 0.284. The molecule has 1 aliphatic heterocycles. The number of ether oxygens (including phenoxy) is 5. The third kappa shape index (κ3) is 7.61. The van der Waals surface area contributed by atoms with E-state index in [1.807, 2.05) is 37.3 Å². The van der Waals surface area contributed by atoms with E-state index in [9.17, 15) is 14.4 Å². The molecule has 3 rings (SSSR count). The van der Waals surface area contributed by atoms with Crippen LogP contribution < -0.4 is 9.47 Å². The molecular formula is C25H29NO8S. The largest absolute Gasteiger partial charge is 0.494 e. The molecule has 0 unspecified atom stereocenters. The summed E-state index contributed by atoms with van der Waals surface area (Å²) in [6.07, 6.45) is 1.38. The van der Waals surface area contributed by atoms with Crippen LogP contribution in [0.5, 0.6) is 11.5 Å². The van der Waals surface area contributed by atoms with E-state index in [1.54, 1.807) is 12.4 Å². The van der Waals surface area contributed by atoms with Gasteiger partial charge in [-0.05, 0) is 30.2 Å². The number of esters is 3. The third-order valence-electron chi connectivity index (χ3n) is 4.93. The lowest BCUT2D eigenvalue weighted by Gasteiger charge is -2.39. The van der Waals surface area contributed by atoms with Crippen LogP contribution in [0.25, 0.3) is 11.1 Å². The van der Waals surface area contributed by atoms with Crippen LogP contribution in [0.4, 0.5) is 0 Å². The SMILES string of the molecule is CCCOc1ccc(-c2cncc(O[C@H]3SC[C@@H](OC(C)=O)[C@H](OC(C)=O)[C@H]3OC(C)=O)c2)cc1. The second kappa shape index (κ2) is 12.4. The maximum Gasteiger partial charge on any atom is 0.303 e. The minimum Gasteiger partial charge on any atom is -0.494 e. The van der Waals surface area contributed by atoms with Gasteiger partial charge in [-0.25, -0.2) is 0 Å². The van der Waals surface area contributed by atoms with Gasteiger partial charge in [-0.1, -0.05) is 19.1 Å². The van der Waals surface area contributed by atoms with E-state index in [4.69, 9.17) is 23.7 Å². The highest BCUT2D eigenvalue weighted by Crippen LogP contribution is 2.35. The molecule has 2 heterocycles. The fourth-order valence-electron chi connectivity index (χ4n) is 3.55. The van der Waals surface area contributed by atoms with E-state index >= 15 is 0 Å². The Bertz CT molecular complexity index is 1030. The van der Waals surface area contributed by atoms with Crippen LogP contribution >= 0.6 is 11.8 Å². The van der Waals surface area contributed by atoms with Crippen LogP contribution in [0.2, 0.25) is 0 Å². The van der Waals surface area contributed by atoms with Crippen molar-refractivity contribution in [2.24, 2.45) is 0 Å².